The summed E-state index contributed by atoms with van der Waals surface area (Å²) >= 11 is 0. The van der Waals surface area contributed by atoms with Crippen LogP contribution in [0.2, 0.25) is 0 Å². The number of halogens is 1. The van der Waals surface area contributed by atoms with Crippen molar-refractivity contribution in [3.63, 3.8) is 0 Å². The lowest BCUT2D eigenvalue weighted by molar-refractivity contribution is 0.0951. The van der Waals surface area contributed by atoms with Gasteiger partial charge in [-0.3, -0.25) is 4.79 Å². The molecule has 1 N–H and O–H groups in total. The lowest BCUT2D eigenvalue weighted by atomic mass is 10.1. The van der Waals surface area contributed by atoms with E-state index in [1.54, 1.807) is 19.1 Å². The van der Waals surface area contributed by atoms with E-state index in [1.807, 2.05) is 24.3 Å². The normalized spacial score (nSPS) is 10.8. The fraction of sp³-hybridized carbons (Fsp3) is 0.118. The van der Waals surface area contributed by atoms with Crippen LogP contribution in [0.25, 0.3) is 11.0 Å². The summed E-state index contributed by atoms with van der Waals surface area (Å²) in [5.41, 5.74) is 2.09. The maximum absolute atomic E-state index is 12.8. The van der Waals surface area contributed by atoms with Gasteiger partial charge in [0.25, 0.3) is 5.91 Å². The number of carbonyl (C=O) groups is 1. The number of carbonyl (C=O) groups excluding carboxylic acids is 1. The molecule has 2 aromatic carbocycles. The number of para-hydroxylation sites is 1. The minimum absolute atomic E-state index is 0.193. The average Bonchev–Trinajstić information content (AvgIpc) is 2.82. The van der Waals surface area contributed by atoms with Crippen LogP contribution < -0.4 is 5.32 Å². The number of amides is 1. The minimum atomic E-state index is -0.290. The number of rotatable bonds is 3. The summed E-state index contributed by atoms with van der Waals surface area (Å²) in [6, 6.07) is 13.5. The maximum Gasteiger partial charge on any atom is 0.255 e. The van der Waals surface area contributed by atoms with E-state index in [0.29, 0.717) is 23.5 Å². The zero-order valence-corrected chi connectivity index (χ0v) is 11.5. The van der Waals surface area contributed by atoms with Gasteiger partial charge in [-0.1, -0.05) is 30.3 Å². The Balaban J connectivity index is 1.81. The molecule has 0 spiro atoms. The van der Waals surface area contributed by atoms with Crippen LogP contribution in [0.4, 0.5) is 4.39 Å². The van der Waals surface area contributed by atoms with Gasteiger partial charge in [0.2, 0.25) is 0 Å². The van der Waals surface area contributed by atoms with Crippen LogP contribution in [0.15, 0.2) is 52.9 Å². The molecule has 0 atom stereocenters. The second-order valence-corrected chi connectivity index (χ2v) is 4.84. The van der Waals surface area contributed by atoms with Gasteiger partial charge in [-0.15, -0.1) is 0 Å². The van der Waals surface area contributed by atoms with Gasteiger partial charge in [0, 0.05) is 11.9 Å². The van der Waals surface area contributed by atoms with Gasteiger partial charge in [-0.2, -0.15) is 0 Å². The first-order valence-corrected chi connectivity index (χ1v) is 6.66. The van der Waals surface area contributed by atoms with E-state index in [-0.39, 0.29) is 11.7 Å². The van der Waals surface area contributed by atoms with Gasteiger partial charge in [0.05, 0.1) is 5.56 Å². The Morgan fingerprint density at radius 2 is 1.86 bits per heavy atom. The van der Waals surface area contributed by atoms with Crippen molar-refractivity contribution in [3.8, 4) is 0 Å². The molecular formula is C17H14FNO2. The van der Waals surface area contributed by atoms with Gasteiger partial charge < -0.3 is 9.73 Å². The number of hydrogen-bond acceptors (Lipinski definition) is 2. The topological polar surface area (TPSA) is 42.2 Å². The van der Waals surface area contributed by atoms with E-state index in [9.17, 15) is 9.18 Å². The number of furan rings is 1. The molecule has 4 heteroatoms. The SMILES string of the molecule is Cc1oc2ccccc2c1C(=O)NCc1ccc(F)cc1. The summed E-state index contributed by atoms with van der Waals surface area (Å²) in [6.45, 7) is 2.12. The minimum Gasteiger partial charge on any atom is -0.461 e. The van der Waals surface area contributed by atoms with Crippen LogP contribution in [-0.2, 0) is 6.54 Å². The monoisotopic (exact) mass is 283 g/mol. The van der Waals surface area contributed by atoms with E-state index in [2.05, 4.69) is 5.32 Å². The second-order valence-electron chi connectivity index (χ2n) is 4.84. The van der Waals surface area contributed by atoms with Crippen LogP contribution in [-0.4, -0.2) is 5.91 Å². The summed E-state index contributed by atoms with van der Waals surface area (Å²) in [5.74, 6) is 0.108. The Labute approximate surface area is 121 Å². The molecule has 0 fully saturated rings. The molecule has 0 saturated heterocycles. The summed E-state index contributed by atoms with van der Waals surface area (Å²) in [6.07, 6.45) is 0. The lowest BCUT2D eigenvalue weighted by Crippen LogP contribution is -2.23. The van der Waals surface area contributed by atoms with Gasteiger partial charge in [0.15, 0.2) is 0 Å². The molecule has 1 heterocycles. The molecule has 0 radical (unpaired) electrons. The van der Waals surface area contributed by atoms with E-state index < -0.39 is 0 Å². The Kier molecular flexibility index (Phi) is 3.44. The fourth-order valence-electron chi connectivity index (χ4n) is 2.32. The molecule has 0 aliphatic heterocycles. The van der Waals surface area contributed by atoms with E-state index >= 15 is 0 Å². The summed E-state index contributed by atoms with van der Waals surface area (Å²) < 4.78 is 18.4. The van der Waals surface area contributed by atoms with Crippen LogP contribution in [0.1, 0.15) is 21.7 Å². The Morgan fingerprint density at radius 1 is 1.14 bits per heavy atom. The number of fused-ring (bicyclic) bond motifs is 1. The van der Waals surface area contributed by atoms with Gasteiger partial charge >= 0.3 is 0 Å². The highest BCUT2D eigenvalue weighted by atomic mass is 19.1. The molecule has 106 valence electrons. The summed E-state index contributed by atoms with van der Waals surface area (Å²) in [7, 11) is 0. The van der Waals surface area contributed by atoms with E-state index in [1.165, 1.54) is 12.1 Å². The molecule has 0 bridgehead atoms. The van der Waals surface area contributed by atoms with Crippen LogP contribution in [0.5, 0.6) is 0 Å². The van der Waals surface area contributed by atoms with Crippen molar-refractivity contribution >= 4 is 16.9 Å². The zero-order valence-electron chi connectivity index (χ0n) is 11.5. The first-order chi connectivity index (χ1) is 10.1. The smallest absolute Gasteiger partial charge is 0.255 e. The molecule has 0 aliphatic carbocycles. The van der Waals surface area contributed by atoms with Crippen molar-refractivity contribution in [2.75, 3.05) is 0 Å². The Hall–Kier alpha value is -2.62. The lowest BCUT2D eigenvalue weighted by Gasteiger charge is -2.05. The number of aryl methyl sites for hydroxylation is 1. The molecule has 21 heavy (non-hydrogen) atoms. The fourth-order valence-corrected chi connectivity index (χ4v) is 2.32. The third-order valence-corrected chi connectivity index (χ3v) is 3.36. The second kappa shape index (κ2) is 5.40. The highest BCUT2D eigenvalue weighted by Crippen LogP contribution is 2.25. The van der Waals surface area contributed by atoms with Crippen LogP contribution in [0, 0.1) is 12.7 Å². The highest BCUT2D eigenvalue weighted by Gasteiger charge is 2.17. The van der Waals surface area contributed by atoms with Crippen LogP contribution >= 0.6 is 0 Å². The number of nitrogens with one attached hydrogen (secondary N) is 1. The van der Waals surface area contributed by atoms with Crippen molar-refractivity contribution < 1.29 is 13.6 Å². The number of hydrogen-bond donors (Lipinski definition) is 1. The van der Waals surface area contributed by atoms with Crippen LogP contribution in [0.3, 0.4) is 0 Å². The third kappa shape index (κ3) is 2.65. The number of benzene rings is 2. The van der Waals surface area contributed by atoms with E-state index in [0.717, 1.165) is 10.9 Å². The van der Waals surface area contributed by atoms with Gasteiger partial charge in [-0.05, 0) is 30.7 Å². The highest BCUT2D eigenvalue weighted by molar-refractivity contribution is 6.07. The molecule has 3 rings (SSSR count). The zero-order chi connectivity index (χ0) is 14.8. The summed E-state index contributed by atoms with van der Waals surface area (Å²) in [4.78, 5) is 12.3. The predicted molar refractivity (Wildman–Crippen MR) is 78.5 cm³/mol. The largest absolute Gasteiger partial charge is 0.461 e. The Morgan fingerprint density at radius 3 is 2.62 bits per heavy atom. The van der Waals surface area contributed by atoms with Crippen molar-refractivity contribution in [1.82, 2.24) is 5.32 Å². The molecule has 1 amide bonds. The average molecular weight is 283 g/mol. The quantitative estimate of drug-likeness (QED) is 0.794. The van der Waals surface area contributed by atoms with Gasteiger partial charge in [0.1, 0.15) is 17.2 Å². The standard InChI is InChI=1S/C17H14FNO2/c1-11-16(14-4-2-3-5-15(14)21-11)17(20)19-10-12-6-8-13(18)9-7-12/h2-9H,10H2,1H3,(H,19,20). The molecule has 0 unspecified atom stereocenters. The van der Waals surface area contributed by atoms with Crippen molar-refractivity contribution in [1.29, 1.82) is 0 Å². The predicted octanol–water partition coefficient (Wildman–Crippen LogP) is 3.81. The Bertz CT molecular complexity index is 790. The molecular weight excluding hydrogens is 269 g/mol. The summed E-state index contributed by atoms with van der Waals surface area (Å²) in [5, 5.41) is 3.63. The first kappa shape index (κ1) is 13.4. The third-order valence-electron chi connectivity index (χ3n) is 3.36. The maximum atomic E-state index is 12.8. The van der Waals surface area contributed by atoms with E-state index in [4.69, 9.17) is 4.42 Å². The molecule has 3 aromatic rings. The van der Waals surface area contributed by atoms with Crippen molar-refractivity contribution in [3.05, 3.63) is 71.2 Å². The van der Waals surface area contributed by atoms with Crippen molar-refractivity contribution in [2.24, 2.45) is 0 Å². The molecule has 0 aliphatic rings. The van der Waals surface area contributed by atoms with Crippen molar-refractivity contribution in [2.45, 2.75) is 13.5 Å². The van der Waals surface area contributed by atoms with Gasteiger partial charge in [-0.25, -0.2) is 4.39 Å². The molecule has 0 saturated carbocycles. The molecule has 1 aromatic heterocycles. The molecule has 3 nitrogen and oxygen atoms in total. The first-order valence-electron chi connectivity index (χ1n) is 6.66.